The Kier molecular flexibility index (Phi) is 3.60. The van der Waals surface area contributed by atoms with Crippen molar-refractivity contribution < 1.29 is 9.47 Å². The summed E-state index contributed by atoms with van der Waals surface area (Å²) in [7, 11) is 1.70. The highest BCUT2D eigenvalue weighted by atomic mass is 16.5. The molecule has 0 spiro atoms. The highest BCUT2D eigenvalue weighted by Crippen LogP contribution is 2.34. The van der Waals surface area contributed by atoms with Gasteiger partial charge in [-0.3, -0.25) is 0 Å². The van der Waals surface area contributed by atoms with Gasteiger partial charge in [-0.15, -0.1) is 0 Å². The van der Waals surface area contributed by atoms with Gasteiger partial charge >= 0.3 is 0 Å². The molecule has 3 nitrogen and oxygen atoms in total. The number of para-hydroxylation sites is 1. The molecule has 0 amide bonds. The molecule has 2 unspecified atom stereocenters. The van der Waals surface area contributed by atoms with E-state index in [0.29, 0.717) is 0 Å². The quantitative estimate of drug-likeness (QED) is 0.940. The van der Waals surface area contributed by atoms with Crippen LogP contribution in [0.4, 0.5) is 0 Å². The number of nitrogens with two attached hydrogens (primary N) is 1. The van der Waals surface area contributed by atoms with Crippen molar-refractivity contribution in [1.29, 1.82) is 0 Å². The molecule has 1 heterocycles. The average Bonchev–Trinajstić information content (AvgIpc) is 2.90. The fourth-order valence-electron chi connectivity index (χ4n) is 3.12. The zero-order valence-corrected chi connectivity index (χ0v) is 12.7. The van der Waals surface area contributed by atoms with Gasteiger partial charge in [0.2, 0.25) is 0 Å². The number of hydrogen-bond acceptors (Lipinski definition) is 3. The number of methoxy groups -OCH3 is 1. The average molecular weight is 283 g/mol. The minimum atomic E-state index is -0.138. The molecule has 0 bridgehead atoms. The van der Waals surface area contributed by atoms with E-state index in [4.69, 9.17) is 15.2 Å². The Morgan fingerprint density at radius 3 is 2.48 bits per heavy atom. The number of fused-ring (bicyclic) bond motifs is 1. The first-order chi connectivity index (χ1) is 10.1. The fraction of sp³-hybridized carbons (Fsp3) is 0.333. The minimum Gasteiger partial charge on any atom is -0.496 e. The summed E-state index contributed by atoms with van der Waals surface area (Å²) < 4.78 is 11.4. The molecule has 21 heavy (non-hydrogen) atoms. The molecular weight excluding hydrogens is 262 g/mol. The Morgan fingerprint density at radius 1 is 1.19 bits per heavy atom. The maximum atomic E-state index is 6.44. The fourth-order valence-corrected chi connectivity index (χ4v) is 3.12. The van der Waals surface area contributed by atoms with E-state index in [2.05, 4.69) is 18.2 Å². The molecule has 110 valence electrons. The normalized spacial score (nSPS) is 18.0. The maximum Gasteiger partial charge on any atom is 0.124 e. The lowest BCUT2D eigenvalue weighted by Crippen LogP contribution is -2.30. The molecule has 3 rings (SSSR count). The molecule has 1 aliphatic rings. The van der Waals surface area contributed by atoms with Crippen molar-refractivity contribution in [3.63, 3.8) is 0 Å². The molecule has 2 atom stereocenters. The molecule has 2 aromatic rings. The molecule has 1 aliphatic heterocycles. The molecule has 0 saturated heterocycles. The monoisotopic (exact) mass is 283 g/mol. The highest BCUT2D eigenvalue weighted by Gasteiger charge is 2.29. The van der Waals surface area contributed by atoms with Crippen LogP contribution in [0.5, 0.6) is 11.5 Å². The first kappa shape index (κ1) is 14.0. The Balaban J connectivity index is 1.86. The Labute approximate surface area is 125 Å². The number of rotatable bonds is 3. The van der Waals surface area contributed by atoms with Gasteiger partial charge in [0.05, 0.1) is 13.2 Å². The smallest absolute Gasteiger partial charge is 0.124 e. The largest absolute Gasteiger partial charge is 0.496 e. The molecule has 2 aromatic carbocycles. The third kappa shape index (κ3) is 2.49. The van der Waals surface area contributed by atoms with E-state index < -0.39 is 0 Å². The Bertz CT molecular complexity index is 618. The van der Waals surface area contributed by atoms with Gasteiger partial charge in [0.1, 0.15) is 17.6 Å². The second-order valence-electron chi connectivity index (χ2n) is 5.68. The van der Waals surface area contributed by atoms with Crippen molar-refractivity contribution in [2.75, 3.05) is 7.11 Å². The van der Waals surface area contributed by atoms with Crippen LogP contribution in [0.3, 0.4) is 0 Å². The third-order valence-electron chi connectivity index (χ3n) is 4.14. The summed E-state index contributed by atoms with van der Waals surface area (Å²) >= 11 is 0. The van der Waals surface area contributed by atoms with Crippen molar-refractivity contribution in [2.45, 2.75) is 32.4 Å². The molecule has 3 heteroatoms. The van der Waals surface area contributed by atoms with E-state index in [1.54, 1.807) is 7.11 Å². The molecule has 0 fully saturated rings. The third-order valence-corrected chi connectivity index (χ3v) is 4.14. The van der Waals surface area contributed by atoms with Gasteiger partial charge in [0, 0.05) is 6.42 Å². The number of benzene rings is 2. The molecule has 2 N–H and O–H groups in total. The van der Waals surface area contributed by atoms with Crippen LogP contribution in [-0.2, 0) is 6.42 Å². The molecule has 0 radical (unpaired) electrons. The Morgan fingerprint density at radius 2 is 1.86 bits per heavy atom. The van der Waals surface area contributed by atoms with Crippen LogP contribution in [0.15, 0.2) is 36.4 Å². The second-order valence-corrected chi connectivity index (χ2v) is 5.68. The van der Waals surface area contributed by atoms with Gasteiger partial charge in [0.15, 0.2) is 0 Å². The summed E-state index contributed by atoms with van der Waals surface area (Å²) in [6.07, 6.45) is 0.858. The molecular formula is C18H21NO2. The summed E-state index contributed by atoms with van der Waals surface area (Å²) in [6, 6.07) is 12.2. The van der Waals surface area contributed by atoms with Crippen LogP contribution in [0.1, 0.15) is 28.3 Å². The van der Waals surface area contributed by atoms with Crippen molar-refractivity contribution in [2.24, 2.45) is 5.73 Å². The van der Waals surface area contributed by atoms with E-state index in [0.717, 1.165) is 34.6 Å². The zero-order valence-electron chi connectivity index (χ0n) is 12.7. The van der Waals surface area contributed by atoms with E-state index in [1.165, 1.54) is 5.56 Å². The van der Waals surface area contributed by atoms with E-state index in [-0.39, 0.29) is 12.1 Å². The van der Waals surface area contributed by atoms with Crippen LogP contribution in [-0.4, -0.2) is 13.2 Å². The van der Waals surface area contributed by atoms with Crippen molar-refractivity contribution in [3.8, 4) is 11.5 Å². The Hall–Kier alpha value is -2.00. The van der Waals surface area contributed by atoms with Crippen LogP contribution in [0, 0.1) is 13.8 Å². The minimum absolute atomic E-state index is 0.00500. The predicted molar refractivity (Wildman–Crippen MR) is 84.0 cm³/mol. The van der Waals surface area contributed by atoms with Gasteiger partial charge in [-0.05, 0) is 42.2 Å². The number of hydrogen-bond donors (Lipinski definition) is 1. The van der Waals surface area contributed by atoms with Crippen molar-refractivity contribution in [1.82, 2.24) is 0 Å². The number of aryl methyl sites for hydroxylation is 2. The van der Waals surface area contributed by atoms with Crippen LogP contribution in [0.2, 0.25) is 0 Å². The SMILES string of the molecule is COc1c(C)cc(C(N)C2Cc3ccccc3O2)cc1C. The van der Waals surface area contributed by atoms with Gasteiger partial charge in [0.25, 0.3) is 0 Å². The lowest BCUT2D eigenvalue weighted by molar-refractivity contribution is 0.199. The van der Waals surface area contributed by atoms with E-state index in [1.807, 2.05) is 32.0 Å². The van der Waals surface area contributed by atoms with Crippen molar-refractivity contribution >= 4 is 0 Å². The van der Waals surface area contributed by atoms with Gasteiger partial charge < -0.3 is 15.2 Å². The highest BCUT2D eigenvalue weighted by molar-refractivity contribution is 5.45. The first-order valence-corrected chi connectivity index (χ1v) is 7.25. The number of ether oxygens (including phenoxy) is 2. The zero-order chi connectivity index (χ0) is 15.0. The summed E-state index contributed by atoms with van der Waals surface area (Å²) in [5, 5.41) is 0. The van der Waals surface area contributed by atoms with Gasteiger partial charge in [-0.2, -0.15) is 0 Å². The molecule has 0 saturated carbocycles. The van der Waals surface area contributed by atoms with Crippen LogP contribution >= 0.6 is 0 Å². The topological polar surface area (TPSA) is 44.5 Å². The predicted octanol–water partition coefficient (Wildman–Crippen LogP) is 3.32. The van der Waals surface area contributed by atoms with Crippen molar-refractivity contribution in [3.05, 3.63) is 58.7 Å². The standard InChI is InChI=1S/C18H21NO2/c1-11-8-14(9-12(2)18(11)20-3)17(19)16-10-13-6-4-5-7-15(13)21-16/h4-9,16-17H,10,19H2,1-3H3. The van der Waals surface area contributed by atoms with Crippen LogP contribution in [0.25, 0.3) is 0 Å². The van der Waals surface area contributed by atoms with E-state index >= 15 is 0 Å². The summed E-state index contributed by atoms with van der Waals surface area (Å²) in [4.78, 5) is 0. The summed E-state index contributed by atoms with van der Waals surface area (Å²) in [5.74, 6) is 1.89. The molecule has 0 aliphatic carbocycles. The lowest BCUT2D eigenvalue weighted by atomic mass is 9.95. The maximum absolute atomic E-state index is 6.44. The van der Waals surface area contributed by atoms with Crippen LogP contribution < -0.4 is 15.2 Å². The molecule has 0 aromatic heterocycles. The van der Waals surface area contributed by atoms with E-state index in [9.17, 15) is 0 Å². The van der Waals surface area contributed by atoms with Gasteiger partial charge in [-0.1, -0.05) is 30.3 Å². The lowest BCUT2D eigenvalue weighted by Gasteiger charge is -2.21. The second kappa shape index (κ2) is 5.41. The van der Waals surface area contributed by atoms with Gasteiger partial charge in [-0.25, -0.2) is 0 Å². The summed E-state index contributed by atoms with van der Waals surface area (Å²) in [6.45, 7) is 4.10. The first-order valence-electron chi connectivity index (χ1n) is 7.25. The summed E-state index contributed by atoms with van der Waals surface area (Å²) in [5.41, 5.74) is 11.0.